The van der Waals surface area contributed by atoms with Gasteiger partial charge in [0.05, 0.1) is 12.9 Å². The van der Waals surface area contributed by atoms with Crippen LogP contribution in [0.5, 0.6) is 0 Å². The third kappa shape index (κ3) is 4.32. The van der Waals surface area contributed by atoms with Crippen molar-refractivity contribution >= 4 is 35.6 Å². The van der Waals surface area contributed by atoms with Gasteiger partial charge in [0.25, 0.3) is 0 Å². The summed E-state index contributed by atoms with van der Waals surface area (Å²) < 4.78 is 13.2. The van der Waals surface area contributed by atoms with Crippen molar-refractivity contribution in [2.45, 2.75) is 9.92 Å². The van der Waals surface area contributed by atoms with Crippen LogP contribution in [0.4, 0.5) is 0 Å². The van der Waals surface area contributed by atoms with Gasteiger partial charge in [-0.15, -0.1) is 10.2 Å². The van der Waals surface area contributed by atoms with Crippen LogP contribution in [0.25, 0.3) is 16.7 Å². The second kappa shape index (κ2) is 8.22. The fourth-order valence-corrected chi connectivity index (χ4v) is 4.24. The second-order valence-electron chi connectivity index (χ2n) is 5.61. The Kier molecular flexibility index (Phi) is 6.15. The first-order valence-corrected chi connectivity index (χ1v) is 10.6. The van der Waals surface area contributed by atoms with Gasteiger partial charge < -0.3 is 9.46 Å². The Morgan fingerprint density at radius 1 is 1.04 bits per heavy atom. The number of pyridine rings is 1. The zero-order valence-corrected chi connectivity index (χ0v) is 18.4. The number of fused-ring (bicyclic) bond motifs is 1. The summed E-state index contributed by atoms with van der Waals surface area (Å²) in [6.07, 6.45) is 4.73. The monoisotopic (exact) mass is 405 g/mol. The van der Waals surface area contributed by atoms with Crippen LogP contribution in [0.3, 0.4) is 0 Å². The van der Waals surface area contributed by atoms with Gasteiger partial charge in [-0.2, -0.15) is 0 Å². The first kappa shape index (κ1) is 20.2. The largest absolute Gasteiger partial charge is 1.00 e. The molecular weight excluding hydrogens is 392 g/mol. The van der Waals surface area contributed by atoms with Crippen LogP contribution >= 0.6 is 19.1 Å². The Labute approximate surface area is 182 Å². The van der Waals surface area contributed by atoms with Crippen LogP contribution in [0, 0.1) is 0 Å². The zero-order chi connectivity index (χ0) is 18.1. The van der Waals surface area contributed by atoms with E-state index in [0.717, 1.165) is 22.5 Å². The Morgan fingerprint density at radius 3 is 2.59 bits per heavy atom. The van der Waals surface area contributed by atoms with Crippen LogP contribution in [0.2, 0.25) is 0 Å². The van der Waals surface area contributed by atoms with Crippen LogP contribution in [0.1, 0.15) is 0 Å². The van der Waals surface area contributed by atoms with E-state index in [4.69, 9.17) is 0 Å². The number of aromatic nitrogens is 5. The number of nitrogens with zero attached hydrogens (tertiary/aromatic N) is 5. The summed E-state index contributed by atoms with van der Waals surface area (Å²) in [4.78, 5) is 21.1. The molecule has 4 aromatic rings. The van der Waals surface area contributed by atoms with Crippen LogP contribution in [0.15, 0.2) is 71.0 Å². The number of para-hydroxylation sites is 1. The maximum Gasteiger partial charge on any atom is 1.00 e. The van der Waals surface area contributed by atoms with E-state index in [1.165, 1.54) is 22.5 Å². The minimum atomic E-state index is -3.75. The molecule has 0 saturated carbocycles. The Balaban J connectivity index is 0.00000210. The number of imidazole rings is 1. The Hall–Kier alpha value is -1.54. The summed E-state index contributed by atoms with van der Waals surface area (Å²) in [5, 5.41) is 10.1. The van der Waals surface area contributed by atoms with E-state index >= 15 is 0 Å². The molecule has 0 spiro atoms. The summed E-state index contributed by atoms with van der Waals surface area (Å²) in [7, 11) is -3.75. The second-order valence-corrected chi connectivity index (χ2v) is 8.76. The summed E-state index contributed by atoms with van der Waals surface area (Å²) in [6.45, 7) is 1.14. The molecule has 0 aliphatic rings. The predicted molar refractivity (Wildman–Crippen MR) is 98.2 cm³/mol. The molecule has 0 saturated heterocycles. The number of benzene rings is 1. The molecule has 4 rings (SSSR count). The molecule has 1 aromatic carbocycles. The topological polar surface area (TPSA) is 96.6 Å². The number of hydrogen-bond acceptors (Lipinski definition) is 7. The molecule has 0 N–H and O–H groups in total. The van der Waals surface area contributed by atoms with E-state index in [-0.39, 0.29) is 35.1 Å². The molecule has 130 valence electrons. The first-order chi connectivity index (χ1) is 12.5. The Morgan fingerprint density at radius 2 is 1.85 bits per heavy atom. The average Bonchev–Trinajstić information content (AvgIpc) is 3.13. The maximum absolute atomic E-state index is 11.8. The molecule has 1 atom stereocenters. The molecular formula is C17H13N5NaO2PS. The first-order valence-electron chi connectivity index (χ1n) is 7.70. The van der Waals surface area contributed by atoms with E-state index in [1.54, 1.807) is 24.5 Å². The average molecular weight is 405 g/mol. The summed E-state index contributed by atoms with van der Waals surface area (Å²) >= 11 is 1.46. The normalized spacial score (nSPS) is 13.1. The maximum atomic E-state index is 11.8. The van der Waals surface area contributed by atoms with Crippen molar-refractivity contribution in [2.24, 2.45) is 0 Å². The van der Waals surface area contributed by atoms with E-state index in [0.29, 0.717) is 10.8 Å². The smallest absolute Gasteiger partial charge is 0.794 e. The quantitative estimate of drug-likeness (QED) is 0.326. The molecule has 0 aliphatic carbocycles. The molecule has 3 heterocycles. The minimum absolute atomic E-state index is 0. The standard InChI is InChI=1S/C17H14N5O2PS.Na/c1-25(23,24)17-19-10-11-22(17)14-7-8-15(21-20-14)26-13-6-2-4-12-5-3-9-18-16(12)13;/h2-11H,1H3,(H,23,24);/q;+1/p-1. The summed E-state index contributed by atoms with van der Waals surface area (Å²) in [5.41, 5.74) is 0.867. The zero-order valence-electron chi connectivity index (χ0n) is 14.7. The summed E-state index contributed by atoms with van der Waals surface area (Å²) in [6, 6.07) is 13.4. The van der Waals surface area contributed by atoms with Crippen molar-refractivity contribution in [2.75, 3.05) is 6.66 Å². The van der Waals surface area contributed by atoms with Crippen molar-refractivity contribution in [3.05, 3.63) is 61.1 Å². The Bertz CT molecular complexity index is 1120. The van der Waals surface area contributed by atoms with Crippen molar-refractivity contribution in [3.8, 4) is 5.82 Å². The van der Waals surface area contributed by atoms with Gasteiger partial charge in [0.1, 0.15) is 5.03 Å². The number of hydrogen-bond donors (Lipinski definition) is 0. The molecule has 7 nitrogen and oxygen atoms in total. The van der Waals surface area contributed by atoms with Gasteiger partial charge in [-0.1, -0.05) is 30.0 Å². The predicted octanol–water partition coefficient (Wildman–Crippen LogP) is -0.741. The van der Waals surface area contributed by atoms with Crippen molar-refractivity contribution in [1.29, 1.82) is 0 Å². The fraction of sp³-hybridized carbons (Fsp3) is 0.0588. The van der Waals surface area contributed by atoms with Gasteiger partial charge in [-0.05, 0) is 30.9 Å². The molecule has 0 aliphatic heterocycles. The van der Waals surface area contributed by atoms with Gasteiger partial charge in [0.15, 0.2) is 11.4 Å². The molecule has 10 heteroatoms. The third-order valence-electron chi connectivity index (χ3n) is 3.67. The van der Waals surface area contributed by atoms with Crippen molar-refractivity contribution in [1.82, 2.24) is 24.7 Å². The van der Waals surface area contributed by atoms with Crippen LogP contribution in [-0.2, 0) is 4.57 Å². The molecule has 0 radical (unpaired) electrons. The fourth-order valence-electron chi connectivity index (χ4n) is 2.54. The van der Waals surface area contributed by atoms with Gasteiger partial charge in [0, 0.05) is 28.9 Å². The van der Waals surface area contributed by atoms with Crippen molar-refractivity contribution < 1.29 is 39.0 Å². The van der Waals surface area contributed by atoms with Gasteiger partial charge in [0.2, 0.25) is 0 Å². The van der Waals surface area contributed by atoms with Crippen LogP contribution in [-0.4, -0.2) is 31.4 Å². The molecule has 3 aromatic heterocycles. The van der Waals surface area contributed by atoms with E-state index in [1.807, 2.05) is 30.3 Å². The van der Waals surface area contributed by atoms with Crippen LogP contribution < -0.4 is 40.0 Å². The van der Waals surface area contributed by atoms with Gasteiger partial charge in [-0.25, -0.2) is 4.98 Å². The molecule has 0 fully saturated rings. The van der Waals surface area contributed by atoms with Gasteiger partial charge in [-0.3, -0.25) is 9.55 Å². The molecule has 0 bridgehead atoms. The SMILES string of the molecule is CP(=O)([O-])c1nccn1-c1ccc(Sc2cccc3cccnc23)nn1.[Na+]. The third-order valence-corrected chi connectivity index (χ3v) is 5.70. The molecule has 0 amide bonds. The minimum Gasteiger partial charge on any atom is -0.794 e. The summed E-state index contributed by atoms with van der Waals surface area (Å²) in [5.74, 6) is 0.399. The van der Waals surface area contributed by atoms with Crippen molar-refractivity contribution in [3.63, 3.8) is 0 Å². The molecule has 27 heavy (non-hydrogen) atoms. The van der Waals surface area contributed by atoms with E-state index in [9.17, 15) is 9.46 Å². The van der Waals surface area contributed by atoms with E-state index in [2.05, 4.69) is 20.2 Å². The van der Waals surface area contributed by atoms with E-state index < -0.39 is 7.37 Å². The number of rotatable bonds is 4. The molecule has 1 unspecified atom stereocenters. The van der Waals surface area contributed by atoms with Gasteiger partial charge >= 0.3 is 29.6 Å².